The lowest BCUT2D eigenvalue weighted by atomic mass is 10.2. The van der Waals surface area contributed by atoms with Gasteiger partial charge in [-0.15, -0.1) is 0 Å². The summed E-state index contributed by atoms with van der Waals surface area (Å²) in [5, 5.41) is 3.82. The molecule has 1 atom stereocenters. The van der Waals surface area contributed by atoms with Gasteiger partial charge in [-0.2, -0.15) is 0 Å². The topological polar surface area (TPSA) is 77.8 Å². The van der Waals surface area contributed by atoms with Gasteiger partial charge < -0.3 is 19.2 Å². The molecule has 1 amide bonds. The zero-order valence-corrected chi connectivity index (χ0v) is 13.0. The van der Waals surface area contributed by atoms with Crippen molar-refractivity contribution in [2.24, 2.45) is 0 Å². The summed E-state index contributed by atoms with van der Waals surface area (Å²) < 4.78 is 15.3. The van der Waals surface area contributed by atoms with E-state index in [-0.39, 0.29) is 5.76 Å². The molecule has 1 aromatic heterocycles. The van der Waals surface area contributed by atoms with E-state index in [1.165, 1.54) is 20.1 Å². The summed E-state index contributed by atoms with van der Waals surface area (Å²) in [5.74, 6) is -1.08. The summed E-state index contributed by atoms with van der Waals surface area (Å²) >= 11 is 5.87. The maximum absolute atomic E-state index is 12.0. The van der Waals surface area contributed by atoms with E-state index in [4.69, 9.17) is 25.5 Å². The average molecular weight is 326 g/mol. The first-order valence-corrected chi connectivity index (χ1v) is 7.06. The number of fused-ring (bicyclic) bond motifs is 1. The van der Waals surface area contributed by atoms with Gasteiger partial charge in [-0.25, -0.2) is 4.79 Å². The van der Waals surface area contributed by atoms with Gasteiger partial charge in [0, 0.05) is 24.1 Å². The zero-order valence-electron chi connectivity index (χ0n) is 12.2. The normalized spacial score (nSPS) is 12.1. The molecule has 0 saturated heterocycles. The molecule has 0 spiro atoms. The van der Waals surface area contributed by atoms with Crippen LogP contribution in [0, 0.1) is 0 Å². The Morgan fingerprint density at radius 2 is 2.14 bits per heavy atom. The summed E-state index contributed by atoms with van der Waals surface area (Å²) in [6.07, 6.45) is -0.929. The van der Waals surface area contributed by atoms with Crippen molar-refractivity contribution < 1.29 is 23.5 Å². The van der Waals surface area contributed by atoms with Gasteiger partial charge in [-0.1, -0.05) is 11.6 Å². The van der Waals surface area contributed by atoms with Crippen molar-refractivity contribution >= 4 is 34.4 Å². The van der Waals surface area contributed by atoms with Crippen LogP contribution in [-0.4, -0.2) is 38.2 Å². The van der Waals surface area contributed by atoms with Gasteiger partial charge in [-0.05, 0) is 31.2 Å². The van der Waals surface area contributed by atoms with Crippen LogP contribution in [0.1, 0.15) is 17.5 Å². The molecule has 0 aliphatic rings. The fourth-order valence-corrected chi connectivity index (χ4v) is 1.99. The number of carbonyl (C=O) groups excluding carboxylic acids is 2. The Morgan fingerprint density at radius 1 is 1.36 bits per heavy atom. The van der Waals surface area contributed by atoms with Gasteiger partial charge in [0.05, 0.1) is 6.61 Å². The Balaban J connectivity index is 1.99. The number of amides is 1. The highest BCUT2D eigenvalue weighted by Crippen LogP contribution is 2.23. The number of ether oxygens (including phenoxy) is 2. The van der Waals surface area contributed by atoms with Gasteiger partial charge in [0.15, 0.2) is 6.10 Å². The SMILES string of the molecule is COCCNC(=O)[C@H](C)OC(=O)c1cc2cc(Cl)ccc2o1. The van der Waals surface area contributed by atoms with Gasteiger partial charge in [0.25, 0.3) is 5.91 Å². The number of carbonyl (C=O) groups is 2. The van der Waals surface area contributed by atoms with Crippen molar-refractivity contribution in [2.45, 2.75) is 13.0 Å². The van der Waals surface area contributed by atoms with Gasteiger partial charge >= 0.3 is 5.97 Å². The van der Waals surface area contributed by atoms with E-state index in [2.05, 4.69) is 5.32 Å². The second-order valence-corrected chi connectivity index (χ2v) is 5.06. The summed E-state index contributed by atoms with van der Waals surface area (Å²) in [5.41, 5.74) is 0.522. The molecule has 1 heterocycles. The lowest BCUT2D eigenvalue weighted by Gasteiger charge is -2.12. The van der Waals surface area contributed by atoms with Gasteiger partial charge in [-0.3, -0.25) is 4.79 Å². The summed E-state index contributed by atoms with van der Waals surface area (Å²) in [7, 11) is 1.53. The van der Waals surface area contributed by atoms with E-state index in [0.29, 0.717) is 29.1 Å². The molecular formula is C15H16ClNO5. The minimum Gasteiger partial charge on any atom is -0.449 e. The molecule has 22 heavy (non-hydrogen) atoms. The molecule has 118 valence electrons. The van der Waals surface area contributed by atoms with Crippen LogP contribution in [0.25, 0.3) is 11.0 Å². The standard InChI is InChI=1S/C15H16ClNO5/c1-9(14(18)17-5-6-20-2)21-15(19)13-8-10-7-11(16)3-4-12(10)22-13/h3-4,7-9H,5-6H2,1-2H3,(H,17,18)/t9-/m0/s1. The van der Waals surface area contributed by atoms with Crippen LogP contribution < -0.4 is 5.32 Å². The van der Waals surface area contributed by atoms with Crippen LogP contribution >= 0.6 is 11.6 Å². The number of hydrogen-bond acceptors (Lipinski definition) is 5. The maximum atomic E-state index is 12.0. The van der Waals surface area contributed by atoms with Crippen molar-refractivity contribution in [3.8, 4) is 0 Å². The Morgan fingerprint density at radius 3 is 2.86 bits per heavy atom. The smallest absolute Gasteiger partial charge is 0.375 e. The molecule has 0 saturated carbocycles. The van der Waals surface area contributed by atoms with Crippen LogP contribution in [0.4, 0.5) is 0 Å². The molecule has 0 aliphatic heterocycles. The Hall–Kier alpha value is -2.05. The number of halogens is 1. The predicted octanol–water partition coefficient (Wildman–Crippen LogP) is 2.39. The van der Waals surface area contributed by atoms with Crippen molar-refractivity contribution in [1.82, 2.24) is 5.32 Å². The second-order valence-electron chi connectivity index (χ2n) is 4.62. The molecule has 2 rings (SSSR count). The molecular weight excluding hydrogens is 310 g/mol. The molecule has 0 bridgehead atoms. The molecule has 1 aromatic carbocycles. The number of methoxy groups -OCH3 is 1. The second kappa shape index (κ2) is 7.29. The van der Waals surface area contributed by atoms with Crippen LogP contribution in [0.15, 0.2) is 28.7 Å². The molecule has 6 nitrogen and oxygen atoms in total. The average Bonchev–Trinajstić information content (AvgIpc) is 2.90. The first-order valence-electron chi connectivity index (χ1n) is 6.68. The van der Waals surface area contributed by atoms with Crippen LogP contribution in [0.2, 0.25) is 5.02 Å². The van der Waals surface area contributed by atoms with Crippen molar-refractivity contribution in [2.75, 3.05) is 20.3 Å². The first-order chi connectivity index (χ1) is 10.5. The lowest BCUT2D eigenvalue weighted by molar-refractivity contribution is -0.129. The largest absolute Gasteiger partial charge is 0.449 e. The Labute approximate surface area is 132 Å². The Kier molecular flexibility index (Phi) is 5.41. The molecule has 1 N–H and O–H groups in total. The highest BCUT2D eigenvalue weighted by Gasteiger charge is 2.21. The molecule has 7 heteroatoms. The lowest BCUT2D eigenvalue weighted by Crippen LogP contribution is -2.37. The van der Waals surface area contributed by atoms with E-state index in [1.807, 2.05) is 0 Å². The third-order valence-corrected chi connectivity index (χ3v) is 3.17. The number of rotatable bonds is 6. The summed E-state index contributed by atoms with van der Waals surface area (Å²) in [4.78, 5) is 23.7. The molecule has 0 radical (unpaired) electrons. The number of hydrogen-bond donors (Lipinski definition) is 1. The number of nitrogens with one attached hydrogen (secondary N) is 1. The van der Waals surface area contributed by atoms with Crippen molar-refractivity contribution in [1.29, 1.82) is 0 Å². The summed E-state index contributed by atoms with van der Waals surface area (Å²) in [6, 6.07) is 6.53. The van der Waals surface area contributed by atoms with Gasteiger partial charge in [0.2, 0.25) is 5.76 Å². The number of furan rings is 1. The van der Waals surface area contributed by atoms with E-state index < -0.39 is 18.0 Å². The number of benzene rings is 1. The maximum Gasteiger partial charge on any atom is 0.375 e. The molecule has 0 fully saturated rings. The fourth-order valence-electron chi connectivity index (χ4n) is 1.81. The third kappa shape index (κ3) is 3.99. The predicted molar refractivity (Wildman–Crippen MR) is 81.0 cm³/mol. The van der Waals surface area contributed by atoms with E-state index in [1.54, 1.807) is 18.2 Å². The van der Waals surface area contributed by atoms with Crippen molar-refractivity contribution in [3.63, 3.8) is 0 Å². The zero-order chi connectivity index (χ0) is 16.1. The Bertz CT molecular complexity index is 682. The minimum atomic E-state index is -0.929. The van der Waals surface area contributed by atoms with Crippen molar-refractivity contribution in [3.05, 3.63) is 35.0 Å². The monoisotopic (exact) mass is 325 g/mol. The van der Waals surface area contributed by atoms with E-state index in [9.17, 15) is 9.59 Å². The van der Waals surface area contributed by atoms with Gasteiger partial charge in [0.1, 0.15) is 5.58 Å². The number of esters is 1. The van der Waals surface area contributed by atoms with E-state index in [0.717, 1.165) is 0 Å². The fraction of sp³-hybridized carbons (Fsp3) is 0.333. The molecule has 0 unspecified atom stereocenters. The van der Waals surface area contributed by atoms with Crippen LogP contribution in [0.5, 0.6) is 0 Å². The van der Waals surface area contributed by atoms with Crippen LogP contribution in [-0.2, 0) is 14.3 Å². The molecule has 2 aromatic rings. The first kappa shape index (κ1) is 16.3. The molecule has 0 aliphatic carbocycles. The minimum absolute atomic E-state index is 0.0220. The summed E-state index contributed by atoms with van der Waals surface area (Å²) in [6.45, 7) is 2.22. The van der Waals surface area contributed by atoms with Crippen LogP contribution in [0.3, 0.4) is 0 Å². The highest BCUT2D eigenvalue weighted by atomic mass is 35.5. The quantitative estimate of drug-likeness (QED) is 0.652. The third-order valence-electron chi connectivity index (χ3n) is 2.94. The van der Waals surface area contributed by atoms with E-state index >= 15 is 0 Å². The highest BCUT2D eigenvalue weighted by molar-refractivity contribution is 6.31.